The van der Waals surface area contributed by atoms with E-state index in [0.717, 1.165) is 36.8 Å². The fourth-order valence-corrected chi connectivity index (χ4v) is 4.62. The second-order valence-corrected chi connectivity index (χ2v) is 7.51. The highest BCUT2D eigenvalue weighted by Crippen LogP contribution is 2.47. The first-order chi connectivity index (χ1) is 11.7. The van der Waals surface area contributed by atoms with E-state index in [2.05, 4.69) is 37.5 Å². The lowest BCUT2D eigenvalue weighted by molar-refractivity contribution is 0.485. The molecular formula is C23H25F. The minimum absolute atomic E-state index is 0.0269. The van der Waals surface area contributed by atoms with E-state index in [1.165, 1.54) is 17.6 Å². The van der Waals surface area contributed by atoms with Crippen molar-refractivity contribution < 1.29 is 4.39 Å². The summed E-state index contributed by atoms with van der Waals surface area (Å²) >= 11 is 0. The van der Waals surface area contributed by atoms with Crippen LogP contribution in [0.5, 0.6) is 0 Å². The van der Waals surface area contributed by atoms with Crippen LogP contribution in [0.1, 0.15) is 48.3 Å². The van der Waals surface area contributed by atoms with Gasteiger partial charge in [-0.1, -0.05) is 43.0 Å². The molecule has 0 nitrogen and oxygen atoms in total. The van der Waals surface area contributed by atoms with Crippen molar-refractivity contribution in [2.24, 2.45) is 17.8 Å². The Hall–Kier alpha value is -1.89. The van der Waals surface area contributed by atoms with Crippen LogP contribution in [-0.2, 0) is 6.42 Å². The van der Waals surface area contributed by atoms with Crippen LogP contribution in [0.15, 0.2) is 55.2 Å². The van der Waals surface area contributed by atoms with Crippen molar-refractivity contribution in [3.8, 4) is 0 Å². The Kier molecular flexibility index (Phi) is 4.04. The molecule has 3 aliphatic rings. The Morgan fingerprint density at radius 2 is 2.12 bits per heavy atom. The van der Waals surface area contributed by atoms with Crippen molar-refractivity contribution in [3.05, 3.63) is 77.7 Å². The third kappa shape index (κ3) is 2.70. The number of rotatable bonds is 5. The van der Waals surface area contributed by atoms with Gasteiger partial charge in [0.25, 0.3) is 0 Å². The monoisotopic (exact) mass is 320 g/mol. The molecule has 4 unspecified atom stereocenters. The van der Waals surface area contributed by atoms with Crippen LogP contribution < -0.4 is 0 Å². The van der Waals surface area contributed by atoms with Crippen molar-refractivity contribution in [2.75, 3.05) is 0 Å². The summed E-state index contributed by atoms with van der Waals surface area (Å²) in [5, 5.41) is 0. The van der Waals surface area contributed by atoms with E-state index in [-0.39, 0.29) is 5.82 Å². The van der Waals surface area contributed by atoms with Gasteiger partial charge < -0.3 is 0 Å². The molecule has 1 fully saturated rings. The molecule has 1 aromatic rings. The first kappa shape index (κ1) is 15.6. The molecule has 0 aliphatic heterocycles. The zero-order valence-electron chi connectivity index (χ0n) is 14.2. The molecule has 1 heteroatoms. The van der Waals surface area contributed by atoms with E-state index < -0.39 is 0 Å². The largest absolute Gasteiger partial charge is 0.207 e. The minimum Gasteiger partial charge on any atom is -0.207 e. The van der Waals surface area contributed by atoms with Gasteiger partial charge in [-0.05, 0) is 84.1 Å². The van der Waals surface area contributed by atoms with Crippen molar-refractivity contribution in [1.29, 1.82) is 0 Å². The lowest BCUT2D eigenvalue weighted by atomic mass is 9.84. The summed E-state index contributed by atoms with van der Waals surface area (Å²) in [6.07, 6.45) is 16.5. The number of hydrogen-bond acceptors (Lipinski definition) is 0. The van der Waals surface area contributed by atoms with E-state index in [0.29, 0.717) is 23.7 Å². The van der Waals surface area contributed by atoms with Crippen LogP contribution in [0, 0.1) is 23.6 Å². The number of halogens is 1. The molecule has 0 radical (unpaired) electrons. The Labute approximate surface area is 144 Å². The molecule has 0 amide bonds. The van der Waals surface area contributed by atoms with Crippen LogP contribution in [0.2, 0.25) is 0 Å². The van der Waals surface area contributed by atoms with Crippen LogP contribution in [0.25, 0.3) is 6.08 Å². The lowest BCUT2D eigenvalue weighted by Gasteiger charge is -2.21. The van der Waals surface area contributed by atoms with Gasteiger partial charge in [0.05, 0.1) is 0 Å². The molecule has 0 heterocycles. The topological polar surface area (TPSA) is 0 Å². The summed E-state index contributed by atoms with van der Waals surface area (Å²) in [4.78, 5) is 0. The zero-order valence-corrected chi connectivity index (χ0v) is 14.2. The number of allylic oxidation sites excluding steroid dienone is 5. The fraction of sp³-hybridized carbons (Fsp3) is 0.391. The predicted molar refractivity (Wildman–Crippen MR) is 99.3 cm³/mol. The molecule has 1 saturated carbocycles. The summed E-state index contributed by atoms with van der Waals surface area (Å²) in [5.41, 5.74) is 4.75. The smallest absolute Gasteiger partial charge is 0.126 e. The highest BCUT2D eigenvalue weighted by molar-refractivity contribution is 5.57. The van der Waals surface area contributed by atoms with E-state index in [4.69, 9.17) is 0 Å². The first-order valence-electron chi connectivity index (χ1n) is 9.15. The number of benzene rings is 1. The summed E-state index contributed by atoms with van der Waals surface area (Å²) < 4.78 is 14.4. The average molecular weight is 320 g/mol. The Morgan fingerprint density at radius 1 is 1.25 bits per heavy atom. The number of hydrogen-bond donors (Lipinski definition) is 0. The van der Waals surface area contributed by atoms with E-state index >= 15 is 0 Å². The van der Waals surface area contributed by atoms with Crippen LogP contribution in [0.4, 0.5) is 4.39 Å². The SMILES string of the molecule is C=Cc1ccc(F)c2c1CCC2CC1C=CC(C2CC2C=C)=CC1. The minimum atomic E-state index is -0.0269. The maximum absolute atomic E-state index is 14.4. The Bertz CT molecular complexity index is 737. The molecule has 4 rings (SSSR count). The van der Waals surface area contributed by atoms with Gasteiger partial charge in [0.1, 0.15) is 5.82 Å². The van der Waals surface area contributed by atoms with Crippen LogP contribution in [-0.4, -0.2) is 0 Å². The van der Waals surface area contributed by atoms with Crippen LogP contribution in [0.3, 0.4) is 0 Å². The first-order valence-corrected chi connectivity index (χ1v) is 9.15. The Morgan fingerprint density at radius 3 is 2.79 bits per heavy atom. The van der Waals surface area contributed by atoms with Crippen molar-refractivity contribution >= 4 is 6.08 Å². The summed E-state index contributed by atoms with van der Waals surface area (Å²) in [6, 6.07) is 3.48. The fourth-order valence-electron chi connectivity index (χ4n) is 4.62. The maximum atomic E-state index is 14.4. The normalized spacial score (nSPS) is 30.6. The Balaban J connectivity index is 1.45. The quantitative estimate of drug-likeness (QED) is 0.565. The zero-order chi connectivity index (χ0) is 16.7. The highest BCUT2D eigenvalue weighted by atomic mass is 19.1. The van der Waals surface area contributed by atoms with E-state index in [9.17, 15) is 4.39 Å². The summed E-state index contributed by atoms with van der Waals surface area (Å²) in [6.45, 7) is 7.78. The van der Waals surface area contributed by atoms with E-state index in [1.807, 2.05) is 12.1 Å². The molecule has 0 bridgehead atoms. The van der Waals surface area contributed by atoms with E-state index in [1.54, 1.807) is 6.07 Å². The molecule has 0 aromatic heterocycles. The standard InChI is InChI=1S/C23H25F/c1-3-16-10-12-22(24)23-19(9-11-20(16)23)13-15-5-7-18(8-6-15)21-14-17(21)4-2/h3-5,7-8,10,12,15,17,19,21H,1-2,6,9,11,13-14H2. The maximum Gasteiger partial charge on any atom is 0.126 e. The van der Waals surface area contributed by atoms with Gasteiger partial charge in [0.15, 0.2) is 0 Å². The second-order valence-electron chi connectivity index (χ2n) is 7.51. The molecule has 124 valence electrons. The van der Waals surface area contributed by atoms with Gasteiger partial charge in [0.2, 0.25) is 0 Å². The average Bonchev–Trinajstić information content (AvgIpc) is 3.28. The molecule has 0 spiro atoms. The van der Waals surface area contributed by atoms with Gasteiger partial charge in [0, 0.05) is 0 Å². The molecule has 24 heavy (non-hydrogen) atoms. The third-order valence-corrected chi connectivity index (χ3v) is 6.09. The van der Waals surface area contributed by atoms with Crippen LogP contribution >= 0.6 is 0 Å². The van der Waals surface area contributed by atoms with Gasteiger partial charge in [-0.25, -0.2) is 4.39 Å². The van der Waals surface area contributed by atoms with Gasteiger partial charge in [-0.3, -0.25) is 0 Å². The summed E-state index contributed by atoms with van der Waals surface area (Å²) in [5.74, 6) is 2.26. The lowest BCUT2D eigenvalue weighted by Crippen LogP contribution is -2.07. The van der Waals surface area contributed by atoms with Crippen molar-refractivity contribution in [1.82, 2.24) is 0 Å². The second kappa shape index (κ2) is 6.20. The molecule has 0 N–H and O–H groups in total. The predicted octanol–water partition coefficient (Wildman–Crippen LogP) is 6.21. The molecule has 1 aromatic carbocycles. The molecule has 4 atom stereocenters. The summed E-state index contributed by atoms with van der Waals surface area (Å²) in [7, 11) is 0. The van der Waals surface area contributed by atoms with Gasteiger partial charge in [-0.2, -0.15) is 0 Å². The van der Waals surface area contributed by atoms with Gasteiger partial charge >= 0.3 is 0 Å². The highest BCUT2D eigenvalue weighted by Gasteiger charge is 2.37. The van der Waals surface area contributed by atoms with Gasteiger partial charge in [-0.15, -0.1) is 6.58 Å². The third-order valence-electron chi connectivity index (χ3n) is 6.09. The van der Waals surface area contributed by atoms with Crippen molar-refractivity contribution in [3.63, 3.8) is 0 Å². The number of fused-ring (bicyclic) bond motifs is 1. The molecule has 3 aliphatic carbocycles. The molecule has 0 saturated heterocycles. The molecular weight excluding hydrogens is 295 g/mol. The van der Waals surface area contributed by atoms with Crippen molar-refractivity contribution in [2.45, 2.75) is 38.0 Å².